The number of benzene rings is 8. The van der Waals surface area contributed by atoms with Crippen LogP contribution in [0.1, 0.15) is 16.7 Å². The Hall–Kier alpha value is -7.65. The Morgan fingerprint density at radius 3 is 1.48 bits per heavy atom. The molecule has 0 spiro atoms. The second-order valence-corrected chi connectivity index (χ2v) is 13.1. The van der Waals surface area contributed by atoms with Crippen LogP contribution in [0.4, 0.5) is 0 Å². The van der Waals surface area contributed by atoms with Gasteiger partial charge in [-0.2, -0.15) is 15.8 Å². The van der Waals surface area contributed by atoms with Gasteiger partial charge in [0.15, 0.2) is 0 Å². The first-order chi connectivity index (χ1) is 25.7. The van der Waals surface area contributed by atoms with Crippen molar-refractivity contribution in [3.8, 4) is 40.7 Å². The molecule has 52 heavy (non-hydrogen) atoms. The van der Waals surface area contributed by atoms with Crippen molar-refractivity contribution in [2.75, 3.05) is 0 Å². The molecule has 0 saturated heterocycles. The minimum atomic E-state index is 0.293. The molecule has 238 valence electrons. The molecule has 0 aliphatic heterocycles. The van der Waals surface area contributed by atoms with Crippen molar-refractivity contribution in [2.24, 2.45) is 0 Å². The monoisotopic (exact) mass is 659 g/mol. The van der Waals surface area contributed by atoms with E-state index in [0.717, 1.165) is 65.9 Å². The van der Waals surface area contributed by atoms with Gasteiger partial charge >= 0.3 is 0 Å². The van der Waals surface area contributed by atoms with Crippen LogP contribution in [0.25, 0.3) is 87.7 Å². The maximum Gasteiger partial charge on any atom is 0.131 e. The third-order valence-corrected chi connectivity index (χ3v) is 10.4. The summed E-state index contributed by atoms with van der Waals surface area (Å²) < 4.78 is 4.78. The highest BCUT2D eigenvalue weighted by atomic mass is 15.1. The van der Waals surface area contributed by atoms with Gasteiger partial charge in [0.2, 0.25) is 0 Å². The number of para-hydroxylation sites is 3. The van der Waals surface area contributed by atoms with Gasteiger partial charge in [0, 0.05) is 33.1 Å². The van der Waals surface area contributed by atoms with Crippen LogP contribution >= 0.6 is 0 Å². The van der Waals surface area contributed by atoms with E-state index in [4.69, 9.17) is 0 Å². The van der Waals surface area contributed by atoms with Crippen LogP contribution in [0.5, 0.6) is 0 Å². The lowest BCUT2D eigenvalue weighted by Crippen LogP contribution is -2.01. The van der Waals surface area contributed by atoms with Crippen molar-refractivity contribution in [2.45, 2.75) is 0 Å². The van der Waals surface area contributed by atoms with Crippen molar-refractivity contribution in [3.63, 3.8) is 0 Å². The summed E-state index contributed by atoms with van der Waals surface area (Å²) in [6, 6.07) is 58.8. The second kappa shape index (κ2) is 11.2. The molecule has 0 amide bonds. The molecule has 0 saturated carbocycles. The lowest BCUT2D eigenvalue weighted by Gasteiger charge is -2.16. The number of rotatable bonds is 3. The van der Waals surface area contributed by atoms with E-state index in [2.05, 4.69) is 161 Å². The Morgan fingerprint density at radius 1 is 0.385 bits per heavy atom. The van der Waals surface area contributed by atoms with E-state index < -0.39 is 0 Å². The van der Waals surface area contributed by atoms with Crippen LogP contribution in [0.2, 0.25) is 0 Å². The first-order valence-corrected chi connectivity index (χ1v) is 17.0. The molecule has 0 unspecified atom stereocenters. The number of nitrogens with zero attached hydrogens (tertiary/aromatic N) is 5. The zero-order chi connectivity index (χ0) is 34.9. The molecule has 0 radical (unpaired) electrons. The van der Waals surface area contributed by atoms with Crippen molar-refractivity contribution in [1.82, 2.24) is 9.13 Å². The molecular formula is C47H25N5. The minimum absolute atomic E-state index is 0.293. The van der Waals surface area contributed by atoms with Gasteiger partial charge in [-0.3, -0.25) is 9.13 Å². The van der Waals surface area contributed by atoms with Gasteiger partial charge in [-0.05, 0) is 92.5 Å². The molecule has 0 N–H and O–H groups in total. The van der Waals surface area contributed by atoms with E-state index in [1.54, 1.807) is 12.1 Å². The Bertz CT molecular complexity index is 3210. The van der Waals surface area contributed by atoms with Crippen LogP contribution < -0.4 is 0 Å². The normalized spacial score (nSPS) is 11.4. The second-order valence-electron chi connectivity index (χ2n) is 13.1. The number of hydrogen-bond acceptors (Lipinski definition) is 3. The topological polar surface area (TPSA) is 81.2 Å². The molecule has 0 atom stereocenters. The fourth-order valence-electron chi connectivity index (χ4n) is 8.23. The first-order valence-electron chi connectivity index (χ1n) is 17.0. The van der Waals surface area contributed by atoms with E-state index in [-0.39, 0.29) is 0 Å². The average Bonchev–Trinajstić information content (AvgIpc) is 3.73. The Balaban J connectivity index is 1.28. The van der Waals surface area contributed by atoms with Gasteiger partial charge in [-0.15, -0.1) is 0 Å². The molecule has 0 fully saturated rings. The quantitative estimate of drug-likeness (QED) is 0.177. The van der Waals surface area contributed by atoms with Gasteiger partial charge in [0.05, 0.1) is 45.9 Å². The molecule has 0 bridgehead atoms. The highest BCUT2D eigenvalue weighted by molar-refractivity contribution is 6.27. The Morgan fingerprint density at radius 2 is 0.885 bits per heavy atom. The third kappa shape index (κ3) is 4.07. The standard InChI is InChI=1S/C47H25N5/c48-26-29-22-31(27-49)45(32(23-29)28-50)30-18-20-37-38-21-19-34(25-42(38)36-13-5-4-12-35(36)41(37)24-30)52-44-17-9-7-15-40(44)46-39-14-6-8-16-43(39)51(47(46)52)33-10-2-1-3-11-33/h1-25H. The summed E-state index contributed by atoms with van der Waals surface area (Å²) in [7, 11) is 0. The zero-order valence-corrected chi connectivity index (χ0v) is 27.7. The summed E-state index contributed by atoms with van der Waals surface area (Å²) in [5.74, 6) is 0. The highest BCUT2D eigenvalue weighted by Crippen LogP contribution is 2.43. The van der Waals surface area contributed by atoms with Gasteiger partial charge in [0.25, 0.3) is 0 Å². The highest BCUT2D eigenvalue weighted by Gasteiger charge is 2.22. The van der Waals surface area contributed by atoms with E-state index in [1.165, 1.54) is 16.2 Å². The Labute approximate surface area is 298 Å². The molecule has 10 aromatic rings. The van der Waals surface area contributed by atoms with Crippen LogP contribution in [-0.2, 0) is 0 Å². The first kappa shape index (κ1) is 29.3. The molecule has 2 heterocycles. The predicted octanol–water partition coefficient (Wildman–Crippen LogP) is 11.5. The Kier molecular flexibility index (Phi) is 6.30. The van der Waals surface area contributed by atoms with Gasteiger partial charge < -0.3 is 0 Å². The smallest absolute Gasteiger partial charge is 0.131 e. The summed E-state index contributed by atoms with van der Waals surface area (Å²) >= 11 is 0. The maximum atomic E-state index is 10.0. The summed E-state index contributed by atoms with van der Waals surface area (Å²) in [5, 5.41) is 39.8. The van der Waals surface area contributed by atoms with Crippen molar-refractivity contribution < 1.29 is 0 Å². The lowest BCUT2D eigenvalue weighted by molar-refractivity contribution is 1.07. The minimum Gasteiger partial charge on any atom is -0.295 e. The summed E-state index contributed by atoms with van der Waals surface area (Å²) in [6.45, 7) is 0. The van der Waals surface area contributed by atoms with Crippen LogP contribution in [-0.4, -0.2) is 9.13 Å². The van der Waals surface area contributed by atoms with Gasteiger partial charge in [-0.1, -0.05) is 97.1 Å². The van der Waals surface area contributed by atoms with Crippen LogP contribution in [0, 0.1) is 34.0 Å². The van der Waals surface area contributed by atoms with E-state index in [1.807, 2.05) is 6.07 Å². The number of hydrogen-bond donors (Lipinski definition) is 0. The van der Waals surface area contributed by atoms with Crippen molar-refractivity contribution in [3.05, 3.63) is 168 Å². The van der Waals surface area contributed by atoms with E-state index >= 15 is 0 Å². The van der Waals surface area contributed by atoms with Crippen molar-refractivity contribution in [1.29, 1.82) is 15.8 Å². The van der Waals surface area contributed by atoms with Crippen LogP contribution in [0.3, 0.4) is 0 Å². The largest absolute Gasteiger partial charge is 0.295 e. The molecule has 0 aliphatic carbocycles. The summed E-state index contributed by atoms with van der Waals surface area (Å²) in [6.07, 6.45) is 0. The number of nitriles is 3. The average molecular weight is 660 g/mol. The molecular weight excluding hydrogens is 635 g/mol. The van der Waals surface area contributed by atoms with E-state index in [9.17, 15) is 15.8 Å². The van der Waals surface area contributed by atoms with Crippen molar-refractivity contribution >= 4 is 65.2 Å². The van der Waals surface area contributed by atoms with Gasteiger partial charge in [-0.25, -0.2) is 0 Å². The number of fused-ring (bicyclic) bond motifs is 11. The molecule has 0 aliphatic rings. The summed E-state index contributed by atoms with van der Waals surface area (Å²) in [5.41, 5.74) is 7.80. The molecule has 10 rings (SSSR count). The zero-order valence-electron chi connectivity index (χ0n) is 27.7. The molecule has 2 aromatic heterocycles. The fourth-order valence-corrected chi connectivity index (χ4v) is 8.23. The fraction of sp³-hybridized carbons (Fsp3) is 0. The molecule has 8 aromatic carbocycles. The van der Waals surface area contributed by atoms with Gasteiger partial charge in [0.1, 0.15) is 5.65 Å². The third-order valence-electron chi connectivity index (χ3n) is 10.4. The predicted molar refractivity (Wildman–Crippen MR) is 210 cm³/mol. The molecule has 5 nitrogen and oxygen atoms in total. The summed E-state index contributed by atoms with van der Waals surface area (Å²) in [4.78, 5) is 0. The van der Waals surface area contributed by atoms with E-state index in [0.29, 0.717) is 22.3 Å². The maximum absolute atomic E-state index is 10.0. The molecule has 5 heteroatoms. The number of aromatic nitrogens is 2. The SMILES string of the molecule is N#Cc1cc(C#N)c(-c2ccc3c4ccc(-n5c6ccccc6c6c7ccccc7n(-c7ccccc7)c65)cc4c4ccccc4c3c2)c(C#N)c1. The van der Waals surface area contributed by atoms with Crippen LogP contribution in [0.15, 0.2) is 152 Å². The lowest BCUT2D eigenvalue weighted by atomic mass is 9.89.